The Morgan fingerprint density at radius 1 is 1.29 bits per heavy atom. The molecule has 2 aliphatic rings. The Labute approximate surface area is 189 Å². The largest absolute Gasteiger partial charge is 0.313 e. The fraction of sp³-hybridized carbons (Fsp3) is 0.571. The van der Waals surface area contributed by atoms with Crippen LogP contribution in [0.4, 0.5) is 0 Å². The lowest BCUT2D eigenvalue weighted by atomic mass is 9.87. The van der Waals surface area contributed by atoms with E-state index in [1.807, 2.05) is 6.07 Å². The molecule has 3 rings (SSSR count). The second-order valence-corrected chi connectivity index (χ2v) is 9.17. The molecule has 0 amide bonds. The molecule has 0 radical (unpaired) electrons. The van der Waals surface area contributed by atoms with E-state index >= 15 is 0 Å². The first-order chi connectivity index (χ1) is 13.3. The van der Waals surface area contributed by atoms with Gasteiger partial charge in [-0.05, 0) is 75.7 Å². The molecule has 1 fully saturated rings. The maximum absolute atomic E-state index is 10.7. The summed E-state index contributed by atoms with van der Waals surface area (Å²) in [7, 11) is 2.08. The number of alkyl halides is 1. The molecule has 0 heterocycles. The Kier molecular flexibility index (Phi) is 11.5. The van der Waals surface area contributed by atoms with Gasteiger partial charge in [-0.25, -0.2) is 4.72 Å². The van der Waals surface area contributed by atoms with Gasteiger partial charge in [0.15, 0.2) is 0 Å². The first kappa shape index (κ1) is 25.8. The zero-order valence-electron chi connectivity index (χ0n) is 17.2. The van der Waals surface area contributed by atoms with Crippen LogP contribution < -0.4 is 10.0 Å². The zero-order valence-corrected chi connectivity index (χ0v) is 20.3. The van der Waals surface area contributed by atoms with Crippen molar-refractivity contribution in [2.24, 2.45) is 11.8 Å². The number of hydrogen-bond acceptors (Lipinski definition) is 4. The fourth-order valence-corrected chi connectivity index (χ4v) is 4.29. The van der Waals surface area contributed by atoms with Crippen LogP contribution >= 0.6 is 46.8 Å². The first-order valence-electron chi connectivity index (χ1n) is 9.40. The Morgan fingerprint density at radius 2 is 1.96 bits per heavy atom. The van der Waals surface area contributed by atoms with Crippen molar-refractivity contribution in [3.8, 4) is 0 Å². The molecule has 1 aromatic carbocycles. The Balaban J connectivity index is 0.000000266. The highest BCUT2D eigenvalue weighted by Gasteiger charge is 2.38. The van der Waals surface area contributed by atoms with Crippen LogP contribution in [0.5, 0.6) is 0 Å². The lowest BCUT2D eigenvalue weighted by Crippen LogP contribution is -2.35. The van der Waals surface area contributed by atoms with Gasteiger partial charge in [0.1, 0.15) is 6.29 Å². The summed E-state index contributed by atoms with van der Waals surface area (Å²) in [5, 5.41) is 4.55. The molecule has 0 aromatic heterocycles. The van der Waals surface area contributed by atoms with Crippen LogP contribution in [0.25, 0.3) is 0 Å². The van der Waals surface area contributed by atoms with Gasteiger partial charge in [-0.15, -0.1) is 11.6 Å². The minimum absolute atomic E-state index is 0.571. The zero-order chi connectivity index (χ0) is 21.3. The number of halogens is 3. The van der Waals surface area contributed by atoms with Gasteiger partial charge in [0, 0.05) is 22.3 Å². The van der Waals surface area contributed by atoms with Gasteiger partial charge < -0.3 is 10.1 Å². The van der Waals surface area contributed by atoms with Gasteiger partial charge >= 0.3 is 0 Å². The predicted molar refractivity (Wildman–Crippen MR) is 125 cm³/mol. The summed E-state index contributed by atoms with van der Waals surface area (Å²) in [6.07, 6.45) is 8.94. The Hall–Kier alpha value is -0.230. The van der Waals surface area contributed by atoms with Crippen LogP contribution in [0.15, 0.2) is 34.7 Å². The molecule has 3 nitrogen and oxygen atoms in total. The molecule has 28 heavy (non-hydrogen) atoms. The smallest absolute Gasteiger partial charge is 0.140 e. The van der Waals surface area contributed by atoms with E-state index in [-0.39, 0.29) is 0 Å². The Morgan fingerprint density at radius 3 is 2.50 bits per heavy atom. The number of benzene rings is 1. The summed E-state index contributed by atoms with van der Waals surface area (Å²) in [6.45, 7) is 5.88. The molecule has 0 aliphatic heterocycles. The molecular weight excluding hydrogens is 435 g/mol. The summed E-state index contributed by atoms with van der Waals surface area (Å²) >= 11 is 17.7. The van der Waals surface area contributed by atoms with E-state index in [2.05, 4.69) is 41.7 Å². The highest BCUT2D eigenvalue weighted by atomic mass is 35.5. The highest BCUT2D eigenvalue weighted by molar-refractivity contribution is 7.97. The van der Waals surface area contributed by atoms with Gasteiger partial charge in [0.05, 0.1) is 10.6 Å². The molecule has 158 valence electrons. The van der Waals surface area contributed by atoms with Crippen molar-refractivity contribution in [2.75, 3.05) is 13.4 Å². The van der Waals surface area contributed by atoms with Crippen molar-refractivity contribution < 1.29 is 4.79 Å². The van der Waals surface area contributed by atoms with Gasteiger partial charge in [-0.1, -0.05) is 48.2 Å². The molecule has 3 atom stereocenters. The van der Waals surface area contributed by atoms with Crippen LogP contribution in [0.3, 0.4) is 0 Å². The van der Waals surface area contributed by atoms with E-state index in [4.69, 9.17) is 23.2 Å². The third-order valence-electron chi connectivity index (χ3n) is 4.81. The van der Waals surface area contributed by atoms with E-state index in [1.165, 1.54) is 37.6 Å². The summed E-state index contributed by atoms with van der Waals surface area (Å²) in [5.74, 6) is 1.89. The number of fused-ring (bicyclic) bond motifs is 1. The van der Waals surface area contributed by atoms with Gasteiger partial charge in [-0.2, -0.15) is 0 Å². The summed E-state index contributed by atoms with van der Waals surface area (Å²) in [6, 6.07) is 5.91. The van der Waals surface area contributed by atoms with E-state index in [0.29, 0.717) is 16.1 Å². The summed E-state index contributed by atoms with van der Waals surface area (Å²) < 4.78 is 3.01. The van der Waals surface area contributed by atoms with Gasteiger partial charge in [0.25, 0.3) is 0 Å². The molecule has 1 saturated carbocycles. The molecule has 3 unspecified atom stereocenters. The monoisotopic (exact) mass is 464 g/mol. The average molecular weight is 466 g/mol. The lowest BCUT2D eigenvalue weighted by Gasteiger charge is -2.25. The van der Waals surface area contributed by atoms with Crippen molar-refractivity contribution in [3.05, 3.63) is 39.9 Å². The normalized spacial score (nSPS) is 22.6. The van der Waals surface area contributed by atoms with Crippen molar-refractivity contribution in [1.82, 2.24) is 10.0 Å². The summed E-state index contributed by atoms with van der Waals surface area (Å²) in [4.78, 5) is 11.5. The molecular formula is C21H31Cl3N2OS. The standard InChI is InChI=1S/C10H11Cl2NOS.C10H17N.CH3Cl/c1-10(2,6-14)13-15-9-4-3-7(11)5-8(9)12;1-3-7-4-8-5-9(8)6-10(7)11-2;1-2/h3-6,13H,1-2H3;6-8,10-11H,3-5H2,1-2H3;1H3. The second-order valence-electron chi connectivity index (χ2n) is 7.48. The highest BCUT2D eigenvalue weighted by Crippen LogP contribution is 2.47. The average Bonchev–Trinajstić information content (AvgIpc) is 3.46. The minimum Gasteiger partial charge on any atom is -0.313 e. The number of carbonyl (C=O) groups excluding carboxylic acids is 1. The number of carbonyl (C=O) groups is 1. The third kappa shape index (κ3) is 8.25. The van der Waals surface area contributed by atoms with Gasteiger partial charge in [-0.3, -0.25) is 0 Å². The van der Waals surface area contributed by atoms with Crippen LogP contribution in [0.2, 0.25) is 10.0 Å². The van der Waals surface area contributed by atoms with Crippen LogP contribution in [-0.2, 0) is 4.79 Å². The predicted octanol–water partition coefficient (Wildman–Crippen LogP) is 6.37. The van der Waals surface area contributed by atoms with Crippen molar-refractivity contribution in [3.63, 3.8) is 0 Å². The van der Waals surface area contributed by atoms with Gasteiger partial charge in [0.2, 0.25) is 0 Å². The minimum atomic E-state index is -0.576. The number of rotatable bonds is 6. The number of likely N-dealkylation sites (N-methyl/N-ethyl adjacent to an activating group) is 1. The van der Waals surface area contributed by atoms with Crippen LogP contribution in [0, 0.1) is 11.8 Å². The molecule has 0 spiro atoms. The number of aldehydes is 1. The number of hydrogen-bond donors (Lipinski definition) is 2. The van der Waals surface area contributed by atoms with Crippen LogP contribution in [0.1, 0.15) is 40.0 Å². The quantitative estimate of drug-likeness (QED) is 0.221. The van der Waals surface area contributed by atoms with E-state index in [1.54, 1.807) is 31.6 Å². The topological polar surface area (TPSA) is 41.1 Å². The summed E-state index contributed by atoms with van der Waals surface area (Å²) in [5.41, 5.74) is 1.14. The maximum Gasteiger partial charge on any atom is 0.140 e. The van der Waals surface area contributed by atoms with E-state index in [0.717, 1.165) is 23.0 Å². The van der Waals surface area contributed by atoms with E-state index in [9.17, 15) is 4.79 Å². The first-order valence-corrected chi connectivity index (χ1v) is 11.7. The van der Waals surface area contributed by atoms with Crippen molar-refractivity contribution >= 4 is 53.0 Å². The molecule has 2 aliphatic carbocycles. The lowest BCUT2D eigenvalue weighted by molar-refractivity contribution is -0.111. The molecule has 1 aromatic rings. The molecule has 0 saturated heterocycles. The van der Waals surface area contributed by atoms with Crippen molar-refractivity contribution in [2.45, 2.75) is 56.5 Å². The van der Waals surface area contributed by atoms with Crippen molar-refractivity contribution in [1.29, 1.82) is 0 Å². The molecule has 0 bridgehead atoms. The fourth-order valence-electron chi connectivity index (χ4n) is 3.05. The number of nitrogens with one attached hydrogen (secondary N) is 2. The molecule has 2 N–H and O–H groups in total. The van der Waals surface area contributed by atoms with Crippen LogP contribution in [-0.4, -0.2) is 31.3 Å². The Bertz CT molecular complexity index is 667. The SMILES string of the molecule is CC(C)(C=O)NSc1ccc(Cl)cc1Cl.CCC1CC2CC2=CC1NC.CCl. The second kappa shape index (κ2) is 12.5. The van der Waals surface area contributed by atoms with E-state index < -0.39 is 5.54 Å². The maximum atomic E-state index is 10.7. The molecule has 7 heteroatoms. The third-order valence-corrected chi connectivity index (χ3v) is 6.67. The number of allylic oxidation sites excluding steroid dienone is 1.